The van der Waals surface area contributed by atoms with Crippen LogP contribution in [0.15, 0.2) is 24.5 Å². The van der Waals surface area contributed by atoms with Gasteiger partial charge in [0.05, 0.1) is 11.3 Å². The number of nitrogens with one attached hydrogen (secondary N) is 1. The third-order valence-corrected chi connectivity index (χ3v) is 2.63. The molecule has 2 heterocycles. The van der Waals surface area contributed by atoms with Crippen molar-refractivity contribution < 1.29 is 31.1 Å². The highest BCUT2D eigenvalue weighted by Crippen LogP contribution is 2.31. The zero-order chi connectivity index (χ0) is 15.8. The fourth-order valence-electron chi connectivity index (χ4n) is 1.65. The van der Waals surface area contributed by atoms with Crippen molar-refractivity contribution in [2.45, 2.75) is 18.4 Å². The smallest absolute Gasteiger partial charge is 0.375 e. The normalized spacial score (nSPS) is 19.1. The lowest BCUT2D eigenvalue weighted by Gasteiger charge is -2.21. The van der Waals surface area contributed by atoms with E-state index in [1.54, 1.807) is 0 Å². The number of rotatable bonds is 2. The van der Waals surface area contributed by atoms with E-state index in [2.05, 4.69) is 5.10 Å². The second kappa shape index (κ2) is 4.93. The van der Waals surface area contributed by atoms with Crippen molar-refractivity contribution >= 4 is 12.0 Å². The van der Waals surface area contributed by atoms with Crippen LogP contribution in [0.4, 0.5) is 26.3 Å². The maximum Gasteiger partial charge on any atom is 0.435 e. The average molecular weight is 311 g/mol. The van der Waals surface area contributed by atoms with Crippen LogP contribution in [0.3, 0.4) is 0 Å². The van der Waals surface area contributed by atoms with Gasteiger partial charge in [-0.2, -0.15) is 31.4 Å². The molecule has 0 amide bonds. The van der Waals surface area contributed by atoms with Crippen molar-refractivity contribution in [1.29, 1.82) is 0 Å². The fourth-order valence-corrected chi connectivity index (χ4v) is 1.65. The number of hydrogen-bond acceptors (Lipinski definition) is 3. The Bertz CT molecular complexity index is 610. The summed E-state index contributed by atoms with van der Waals surface area (Å²) in [5, 5.41) is 5.17. The molecule has 1 aromatic heterocycles. The van der Waals surface area contributed by atoms with Crippen molar-refractivity contribution in [1.82, 2.24) is 15.1 Å². The highest BCUT2D eigenvalue weighted by molar-refractivity contribution is 5.77. The summed E-state index contributed by atoms with van der Waals surface area (Å²) in [6.07, 6.45) is -6.00. The number of dihydropyridines is 1. The number of aromatic nitrogens is 2. The Balaban J connectivity index is 2.30. The lowest BCUT2D eigenvalue weighted by Crippen LogP contribution is -2.39. The van der Waals surface area contributed by atoms with E-state index >= 15 is 0 Å². The van der Waals surface area contributed by atoms with E-state index in [-0.39, 0.29) is 12.0 Å². The van der Waals surface area contributed by atoms with E-state index < -0.39 is 29.7 Å². The molecule has 4 nitrogen and oxygen atoms in total. The molecule has 0 fully saturated rings. The maximum atomic E-state index is 12.6. The Labute approximate surface area is 113 Å². The summed E-state index contributed by atoms with van der Waals surface area (Å²) in [5.74, 6) is 0. The summed E-state index contributed by atoms with van der Waals surface area (Å²) in [4.78, 5) is 10.6. The number of alkyl halides is 6. The average Bonchev–Trinajstić information content (AvgIpc) is 2.82. The minimum atomic E-state index is -4.83. The largest absolute Gasteiger partial charge is 0.435 e. The molecule has 0 saturated heterocycles. The Morgan fingerprint density at radius 3 is 2.29 bits per heavy atom. The second-order valence-electron chi connectivity index (χ2n) is 4.11. The number of halogens is 6. The first-order chi connectivity index (χ1) is 9.63. The van der Waals surface area contributed by atoms with Gasteiger partial charge in [0.1, 0.15) is 6.04 Å². The third-order valence-electron chi connectivity index (χ3n) is 2.63. The molecular weight excluding hydrogens is 304 g/mol. The van der Waals surface area contributed by atoms with Gasteiger partial charge in [0.25, 0.3) is 0 Å². The summed E-state index contributed by atoms with van der Waals surface area (Å²) in [5.41, 5.74) is -2.16. The number of carbonyl (C=O) groups is 1. The molecule has 1 unspecified atom stereocenters. The van der Waals surface area contributed by atoms with Crippen LogP contribution in [-0.2, 0) is 6.18 Å². The van der Waals surface area contributed by atoms with Crippen LogP contribution in [0.25, 0.3) is 5.70 Å². The Morgan fingerprint density at radius 2 is 1.90 bits per heavy atom. The molecule has 10 heteroatoms. The zero-order valence-corrected chi connectivity index (χ0v) is 10.0. The van der Waals surface area contributed by atoms with Gasteiger partial charge < -0.3 is 5.32 Å². The van der Waals surface area contributed by atoms with Gasteiger partial charge in [-0.05, 0) is 6.08 Å². The highest BCUT2D eigenvalue weighted by atomic mass is 19.4. The lowest BCUT2D eigenvalue weighted by atomic mass is 10.2. The van der Waals surface area contributed by atoms with E-state index in [9.17, 15) is 31.1 Å². The van der Waals surface area contributed by atoms with Crippen LogP contribution in [0.5, 0.6) is 0 Å². The quantitative estimate of drug-likeness (QED) is 0.674. The molecule has 0 aromatic carbocycles. The molecule has 1 N–H and O–H groups in total. The van der Waals surface area contributed by atoms with Crippen LogP contribution in [0, 0.1) is 0 Å². The molecule has 0 aliphatic carbocycles. The Morgan fingerprint density at radius 1 is 1.24 bits per heavy atom. The van der Waals surface area contributed by atoms with E-state index in [4.69, 9.17) is 0 Å². The molecule has 1 aliphatic rings. The highest BCUT2D eigenvalue weighted by Gasteiger charge is 2.39. The standard InChI is InChI=1S/C11H7F6N3O/c12-10(13,14)8-2-1-7(3-18-8)20-4-6(5-21)9(19-20)11(15,16)17/h1-5,8,18H. The molecule has 0 radical (unpaired) electrons. The molecule has 2 rings (SSSR count). The SMILES string of the molecule is O=Cc1cn(C2=CNC(C(F)(F)F)C=C2)nc1C(F)(F)F. The number of aldehydes is 1. The van der Waals surface area contributed by atoms with E-state index in [1.165, 1.54) is 0 Å². The van der Waals surface area contributed by atoms with Crippen molar-refractivity contribution in [2.75, 3.05) is 0 Å². The second-order valence-corrected chi connectivity index (χ2v) is 4.11. The van der Waals surface area contributed by atoms with Gasteiger partial charge in [-0.25, -0.2) is 4.68 Å². The first kappa shape index (κ1) is 15.1. The van der Waals surface area contributed by atoms with Gasteiger partial charge in [-0.1, -0.05) is 6.08 Å². The molecular formula is C11H7F6N3O. The number of hydrogen-bond donors (Lipinski definition) is 1. The topological polar surface area (TPSA) is 46.9 Å². The fraction of sp³-hybridized carbons (Fsp3) is 0.273. The minimum Gasteiger partial charge on any atom is -0.375 e. The molecule has 114 valence electrons. The number of allylic oxidation sites excluding steroid dienone is 2. The van der Waals surface area contributed by atoms with Gasteiger partial charge in [0.2, 0.25) is 0 Å². The molecule has 21 heavy (non-hydrogen) atoms. The number of nitrogens with zero attached hydrogens (tertiary/aromatic N) is 2. The predicted molar refractivity (Wildman–Crippen MR) is 59.0 cm³/mol. The number of carbonyl (C=O) groups excluding carboxylic acids is 1. The van der Waals surface area contributed by atoms with Crippen molar-refractivity contribution in [3.8, 4) is 0 Å². The van der Waals surface area contributed by atoms with Crippen molar-refractivity contribution in [3.63, 3.8) is 0 Å². The van der Waals surface area contributed by atoms with Crippen LogP contribution >= 0.6 is 0 Å². The van der Waals surface area contributed by atoms with Gasteiger partial charge in [-0.3, -0.25) is 4.79 Å². The summed E-state index contributed by atoms with van der Waals surface area (Å²) in [6, 6.07) is -1.93. The maximum absolute atomic E-state index is 12.6. The third kappa shape index (κ3) is 3.09. The summed E-state index contributed by atoms with van der Waals surface area (Å²) < 4.78 is 75.6. The molecule has 0 bridgehead atoms. The Hall–Kier alpha value is -2.26. The monoisotopic (exact) mass is 311 g/mol. The minimum absolute atomic E-state index is 0.0224. The van der Waals surface area contributed by atoms with Gasteiger partial charge in [-0.15, -0.1) is 0 Å². The van der Waals surface area contributed by atoms with Crippen LogP contribution in [-0.4, -0.2) is 28.3 Å². The van der Waals surface area contributed by atoms with Crippen molar-refractivity contribution in [3.05, 3.63) is 35.8 Å². The van der Waals surface area contributed by atoms with Gasteiger partial charge in [0.15, 0.2) is 12.0 Å². The lowest BCUT2D eigenvalue weighted by molar-refractivity contribution is -0.142. The molecule has 1 aromatic rings. The van der Waals surface area contributed by atoms with Crippen LogP contribution in [0.1, 0.15) is 16.1 Å². The van der Waals surface area contributed by atoms with E-state index in [0.717, 1.165) is 24.5 Å². The summed E-state index contributed by atoms with van der Waals surface area (Å²) in [6.45, 7) is 0. The predicted octanol–water partition coefficient (Wildman–Crippen LogP) is 2.60. The first-order valence-electron chi connectivity index (χ1n) is 5.46. The van der Waals surface area contributed by atoms with Crippen molar-refractivity contribution in [2.24, 2.45) is 0 Å². The summed E-state index contributed by atoms with van der Waals surface area (Å²) >= 11 is 0. The molecule has 0 saturated carbocycles. The Kier molecular flexibility index (Phi) is 3.56. The van der Waals surface area contributed by atoms with Gasteiger partial charge in [0, 0.05) is 12.4 Å². The molecule has 0 spiro atoms. The van der Waals surface area contributed by atoms with Crippen LogP contribution < -0.4 is 5.32 Å². The summed E-state index contributed by atoms with van der Waals surface area (Å²) in [7, 11) is 0. The zero-order valence-electron chi connectivity index (χ0n) is 10.0. The van der Waals surface area contributed by atoms with E-state index in [1.807, 2.05) is 5.32 Å². The van der Waals surface area contributed by atoms with Gasteiger partial charge >= 0.3 is 12.4 Å². The van der Waals surface area contributed by atoms with E-state index in [0.29, 0.717) is 4.68 Å². The molecule has 1 atom stereocenters. The van der Waals surface area contributed by atoms with Crippen LogP contribution in [0.2, 0.25) is 0 Å². The first-order valence-corrected chi connectivity index (χ1v) is 5.46. The molecule has 1 aliphatic heterocycles.